The highest BCUT2D eigenvalue weighted by Gasteiger charge is 2.29. The maximum Gasteiger partial charge on any atom is 0.320 e. The average molecular weight is 283 g/mol. The Hall–Kier alpha value is -0.570. The summed E-state index contributed by atoms with van der Waals surface area (Å²) in [6.07, 6.45) is 15.3. The van der Waals surface area contributed by atoms with Gasteiger partial charge in [0.15, 0.2) is 0 Å². The lowest BCUT2D eigenvalue weighted by atomic mass is 10.1. The van der Waals surface area contributed by atoms with Crippen LogP contribution < -0.4 is 0 Å². The van der Waals surface area contributed by atoms with Gasteiger partial charge in [-0.05, 0) is 32.4 Å². The third kappa shape index (κ3) is 7.28. The molecule has 0 radical (unpaired) electrons. The van der Waals surface area contributed by atoms with E-state index >= 15 is 0 Å². The van der Waals surface area contributed by atoms with Crippen LogP contribution in [0.3, 0.4) is 0 Å². The topological polar surface area (TPSA) is 40.5 Å². The van der Waals surface area contributed by atoms with E-state index in [1.54, 1.807) is 0 Å². The number of likely N-dealkylation sites (tertiary alicyclic amines) is 1. The van der Waals surface area contributed by atoms with Gasteiger partial charge in [-0.2, -0.15) is 0 Å². The molecule has 1 heterocycles. The van der Waals surface area contributed by atoms with Crippen LogP contribution >= 0.6 is 0 Å². The minimum Gasteiger partial charge on any atom is -0.480 e. The van der Waals surface area contributed by atoms with Crippen molar-refractivity contribution in [3.63, 3.8) is 0 Å². The van der Waals surface area contributed by atoms with Crippen molar-refractivity contribution in [2.75, 3.05) is 13.1 Å². The summed E-state index contributed by atoms with van der Waals surface area (Å²) in [4.78, 5) is 13.2. The number of hydrogen-bond donors (Lipinski definition) is 1. The van der Waals surface area contributed by atoms with Crippen LogP contribution in [0.4, 0.5) is 0 Å². The highest BCUT2D eigenvalue weighted by atomic mass is 16.4. The monoisotopic (exact) mass is 283 g/mol. The Labute approximate surface area is 124 Å². The minimum absolute atomic E-state index is 0.200. The molecule has 0 bridgehead atoms. The molecule has 1 fully saturated rings. The van der Waals surface area contributed by atoms with Crippen LogP contribution in [0.2, 0.25) is 0 Å². The lowest BCUT2D eigenvalue weighted by molar-refractivity contribution is -0.142. The predicted octanol–water partition coefficient (Wildman–Crippen LogP) is 4.46. The van der Waals surface area contributed by atoms with Crippen LogP contribution in [0, 0.1) is 0 Å². The molecule has 0 aromatic heterocycles. The van der Waals surface area contributed by atoms with Crippen LogP contribution in [0.25, 0.3) is 0 Å². The van der Waals surface area contributed by atoms with Crippen LogP contribution in [-0.4, -0.2) is 35.1 Å². The van der Waals surface area contributed by atoms with E-state index in [-0.39, 0.29) is 6.04 Å². The van der Waals surface area contributed by atoms with E-state index < -0.39 is 5.97 Å². The Morgan fingerprint density at radius 2 is 1.55 bits per heavy atom. The second-order valence-electron chi connectivity index (χ2n) is 6.21. The van der Waals surface area contributed by atoms with E-state index in [4.69, 9.17) is 5.11 Å². The van der Waals surface area contributed by atoms with Crippen molar-refractivity contribution in [2.24, 2.45) is 0 Å². The van der Waals surface area contributed by atoms with Crippen LogP contribution in [0.5, 0.6) is 0 Å². The summed E-state index contributed by atoms with van der Waals surface area (Å²) >= 11 is 0. The zero-order chi connectivity index (χ0) is 14.6. The van der Waals surface area contributed by atoms with E-state index in [0.29, 0.717) is 0 Å². The van der Waals surface area contributed by atoms with Gasteiger partial charge in [0.2, 0.25) is 0 Å². The second kappa shape index (κ2) is 11.1. The molecule has 0 spiro atoms. The molecule has 1 rings (SSSR count). The van der Waals surface area contributed by atoms with E-state index in [1.165, 1.54) is 64.2 Å². The summed E-state index contributed by atoms with van der Waals surface area (Å²) in [6, 6.07) is -0.200. The molecule has 3 nitrogen and oxygen atoms in total. The van der Waals surface area contributed by atoms with Crippen molar-refractivity contribution in [3.05, 3.63) is 0 Å². The Bertz CT molecular complexity index is 255. The first-order valence-electron chi connectivity index (χ1n) is 8.72. The van der Waals surface area contributed by atoms with E-state index in [1.807, 2.05) is 0 Å². The summed E-state index contributed by atoms with van der Waals surface area (Å²) in [5, 5.41) is 9.10. The predicted molar refractivity (Wildman–Crippen MR) is 84.1 cm³/mol. The number of hydrogen-bond acceptors (Lipinski definition) is 2. The molecule has 1 aliphatic rings. The molecule has 118 valence electrons. The van der Waals surface area contributed by atoms with Gasteiger partial charge in [-0.1, -0.05) is 64.7 Å². The molecule has 3 heteroatoms. The highest BCUT2D eigenvalue weighted by Crippen LogP contribution is 2.18. The van der Waals surface area contributed by atoms with Crippen molar-refractivity contribution < 1.29 is 9.90 Å². The SMILES string of the molecule is CCCCCCCCCCCCN1CCC[C@@H]1C(=O)O. The summed E-state index contributed by atoms with van der Waals surface area (Å²) in [5.74, 6) is -0.630. The molecular weight excluding hydrogens is 250 g/mol. The van der Waals surface area contributed by atoms with Gasteiger partial charge >= 0.3 is 5.97 Å². The minimum atomic E-state index is -0.630. The van der Waals surface area contributed by atoms with Crippen molar-refractivity contribution >= 4 is 5.97 Å². The quantitative estimate of drug-likeness (QED) is 0.538. The molecule has 1 N–H and O–H groups in total. The van der Waals surface area contributed by atoms with Gasteiger partial charge in [0.25, 0.3) is 0 Å². The van der Waals surface area contributed by atoms with E-state index in [0.717, 1.165) is 25.9 Å². The molecule has 1 saturated heterocycles. The smallest absolute Gasteiger partial charge is 0.320 e. The zero-order valence-electron chi connectivity index (χ0n) is 13.3. The number of nitrogens with zero attached hydrogens (tertiary/aromatic N) is 1. The van der Waals surface area contributed by atoms with Crippen LogP contribution in [-0.2, 0) is 4.79 Å². The maximum atomic E-state index is 11.1. The number of unbranched alkanes of at least 4 members (excludes halogenated alkanes) is 9. The van der Waals surface area contributed by atoms with Crippen LogP contribution in [0.15, 0.2) is 0 Å². The number of carbonyl (C=O) groups is 1. The van der Waals surface area contributed by atoms with E-state index in [2.05, 4.69) is 11.8 Å². The van der Waals surface area contributed by atoms with Gasteiger partial charge in [-0.15, -0.1) is 0 Å². The highest BCUT2D eigenvalue weighted by molar-refractivity contribution is 5.73. The van der Waals surface area contributed by atoms with Gasteiger partial charge < -0.3 is 5.11 Å². The molecular formula is C17H33NO2. The maximum absolute atomic E-state index is 11.1. The van der Waals surface area contributed by atoms with Crippen molar-refractivity contribution in [1.29, 1.82) is 0 Å². The normalized spacial score (nSPS) is 19.6. The zero-order valence-corrected chi connectivity index (χ0v) is 13.3. The van der Waals surface area contributed by atoms with Crippen LogP contribution in [0.1, 0.15) is 84.0 Å². The summed E-state index contributed by atoms with van der Waals surface area (Å²) in [5.41, 5.74) is 0. The lowest BCUT2D eigenvalue weighted by Crippen LogP contribution is -2.36. The summed E-state index contributed by atoms with van der Waals surface area (Å²) < 4.78 is 0. The molecule has 20 heavy (non-hydrogen) atoms. The molecule has 1 atom stereocenters. The first-order chi connectivity index (χ1) is 9.75. The van der Waals surface area contributed by atoms with Gasteiger partial charge in [-0.25, -0.2) is 0 Å². The molecule has 0 unspecified atom stereocenters. The number of aliphatic carboxylic acids is 1. The van der Waals surface area contributed by atoms with Crippen molar-refractivity contribution in [1.82, 2.24) is 4.90 Å². The molecule has 0 aromatic rings. The Morgan fingerprint density at radius 3 is 2.10 bits per heavy atom. The summed E-state index contributed by atoms with van der Waals surface area (Å²) in [7, 11) is 0. The van der Waals surface area contributed by atoms with Gasteiger partial charge in [-0.3, -0.25) is 9.69 Å². The first-order valence-corrected chi connectivity index (χ1v) is 8.72. The fourth-order valence-corrected chi connectivity index (χ4v) is 3.18. The number of carboxylic acid groups (broad SMARTS) is 1. The Kier molecular flexibility index (Phi) is 9.73. The Balaban J connectivity index is 1.88. The standard InChI is InChI=1S/C17H33NO2/c1-2-3-4-5-6-7-8-9-10-11-14-18-15-12-13-16(18)17(19)20/h16H,2-15H2,1H3,(H,19,20)/t16-/m1/s1. The molecule has 0 amide bonds. The fraction of sp³-hybridized carbons (Fsp3) is 0.941. The van der Waals surface area contributed by atoms with Crippen molar-refractivity contribution in [2.45, 2.75) is 90.0 Å². The molecule has 1 aliphatic heterocycles. The Morgan fingerprint density at radius 1 is 1.00 bits per heavy atom. The average Bonchev–Trinajstić information content (AvgIpc) is 2.89. The first kappa shape index (κ1) is 17.5. The van der Waals surface area contributed by atoms with Crippen molar-refractivity contribution in [3.8, 4) is 0 Å². The fourth-order valence-electron chi connectivity index (χ4n) is 3.18. The third-order valence-electron chi connectivity index (χ3n) is 4.45. The van der Waals surface area contributed by atoms with Gasteiger partial charge in [0.05, 0.1) is 0 Å². The lowest BCUT2D eigenvalue weighted by Gasteiger charge is -2.20. The molecule has 0 aliphatic carbocycles. The molecule has 0 aromatic carbocycles. The summed E-state index contributed by atoms with van der Waals surface area (Å²) in [6.45, 7) is 4.22. The van der Waals surface area contributed by atoms with Gasteiger partial charge in [0.1, 0.15) is 6.04 Å². The van der Waals surface area contributed by atoms with Gasteiger partial charge in [0, 0.05) is 0 Å². The largest absolute Gasteiger partial charge is 0.480 e. The number of carboxylic acids is 1. The second-order valence-corrected chi connectivity index (χ2v) is 6.21. The van der Waals surface area contributed by atoms with E-state index in [9.17, 15) is 4.79 Å². The number of rotatable bonds is 12. The third-order valence-corrected chi connectivity index (χ3v) is 4.45. The molecule has 0 saturated carbocycles.